The van der Waals surface area contributed by atoms with Gasteiger partial charge in [-0.2, -0.15) is 0 Å². The van der Waals surface area contributed by atoms with E-state index in [0.717, 1.165) is 39.1 Å². The number of hydrogen-bond donors (Lipinski definition) is 0. The lowest BCUT2D eigenvalue weighted by Gasteiger charge is -2.34. The summed E-state index contributed by atoms with van der Waals surface area (Å²) in [5.41, 5.74) is 13.6. The number of fused-ring (bicyclic) bond motifs is 4. The van der Waals surface area contributed by atoms with E-state index < -0.39 is 5.41 Å². The molecule has 0 spiro atoms. The maximum atomic E-state index is 5.15. The summed E-state index contributed by atoms with van der Waals surface area (Å²) in [6.45, 7) is 0. The molecule has 0 aliphatic heterocycles. The smallest absolute Gasteiger partial charge is 0.160 e. The van der Waals surface area contributed by atoms with Crippen LogP contribution in [0.4, 0.5) is 0 Å². The van der Waals surface area contributed by atoms with Crippen molar-refractivity contribution < 1.29 is 0 Å². The van der Waals surface area contributed by atoms with E-state index in [9.17, 15) is 0 Å². The summed E-state index contributed by atoms with van der Waals surface area (Å²) >= 11 is 0. The van der Waals surface area contributed by atoms with Gasteiger partial charge in [0.2, 0.25) is 0 Å². The molecule has 0 saturated carbocycles. The van der Waals surface area contributed by atoms with Crippen molar-refractivity contribution in [1.29, 1.82) is 0 Å². The molecule has 0 amide bonds. The molecule has 1 heterocycles. The van der Waals surface area contributed by atoms with Gasteiger partial charge in [-0.1, -0.05) is 164 Å². The molecule has 0 fully saturated rings. The highest BCUT2D eigenvalue weighted by Crippen LogP contribution is 2.56. The maximum Gasteiger partial charge on any atom is 0.160 e. The molecule has 0 N–H and O–H groups in total. The largest absolute Gasteiger partial charge is 0.228 e. The quantitative estimate of drug-likeness (QED) is 0.197. The molecule has 2 nitrogen and oxygen atoms in total. The van der Waals surface area contributed by atoms with Gasteiger partial charge in [0.25, 0.3) is 0 Å². The summed E-state index contributed by atoms with van der Waals surface area (Å²) < 4.78 is 0. The number of benzene rings is 7. The lowest BCUT2D eigenvalue weighted by atomic mass is 9.67. The number of para-hydroxylation sites is 1. The first-order chi connectivity index (χ1) is 23.3. The summed E-state index contributed by atoms with van der Waals surface area (Å²) in [5.74, 6) is 0.732. The zero-order chi connectivity index (χ0) is 31.2. The molecule has 9 rings (SSSR count). The van der Waals surface area contributed by atoms with Gasteiger partial charge in [0.05, 0.1) is 16.6 Å². The summed E-state index contributed by atoms with van der Waals surface area (Å²) in [7, 11) is 0. The predicted molar refractivity (Wildman–Crippen MR) is 193 cm³/mol. The number of aromatic nitrogens is 2. The third-order valence-electron chi connectivity index (χ3n) is 9.56. The minimum atomic E-state index is -0.435. The van der Waals surface area contributed by atoms with E-state index in [2.05, 4.69) is 158 Å². The molecule has 0 atom stereocenters. The Hall–Kier alpha value is -6.12. The molecule has 7 aromatic carbocycles. The fourth-order valence-electron chi connectivity index (χ4n) is 7.50. The average molecular weight is 599 g/mol. The SMILES string of the molecule is c1ccc(-c2nc(-c3cccc(-c4cccc(C5(c6ccccc6)c6ccccc6-c6ccccc65)c4)c3)c3ccccc3n2)cc1. The van der Waals surface area contributed by atoms with Gasteiger partial charge < -0.3 is 0 Å². The van der Waals surface area contributed by atoms with Crippen molar-refractivity contribution in [3.05, 3.63) is 204 Å². The van der Waals surface area contributed by atoms with Gasteiger partial charge in [-0.15, -0.1) is 0 Å². The monoisotopic (exact) mass is 598 g/mol. The molecule has 1 aliphatic rings. The highest BCUT2D eigenvalue weighted by molar-refractivity contribution is 5.94. The molecular formula is C45H30N2. The van der Waals surface area contributed by atoms with E-state index in [0.29, 0.717) is 0 Å². The molecule has 0 saturated heterocycles. The van der Waals surface area contributed by atoms with E-state index in [1.165, 1.54) is 38.9 Å². The van der Waals surface area contributed by atoms with Gasteiger partial charge >= 0.3 is 0 Å². The van der Waals surface area contributed by atoms with Crippen molar-refractivity contribution in [2.75, 3.05) is 0 Å². The van der Waals surface area contributed by atoms with Crippen LogP contribution in [0.2, 0.25) is 0 Å². The number of nitrogens with zero attached hydrogens (tertiary/aromatic N) is 2. The minimum absolute atomic E-state index is 0.435. The van der Waals surface area contributed by atoms with Crippen LogP contribution < -0.4 is 0 Å². The zero-order valence-corrected chi connectivity index (χ0v) is 25.7. The second kappa shape index (κ2) is 11.0. The molecule has 47 heavy (non-hydrogen) atoms. The number of rotatable bonds is 5. The Bertz CT molecular complexity index is 2370. The topological polar surface area (TPSA) is 25.8 Å². The molecule has 2 heteroatoms. The molecule has 0 radical (unpaired) electrons. The highest BCUT2D eigenvalue weighted by Gasteiger charge is 2.45. The van der Waals surface area contributed by atoms with E-state index in [-0.39, 0.29) is 0 Å². The van der Waals surface area contributed by atoms with Crippen LogP contribution in [0.5, 0.6) is 0 Å². The predicted octanol–water partition coefficient (Wildman–Crippen LogP) is 11.0. The first kappa shape index (κ1) is 27.2. The third-order valence-corrected chi connectivity index (χ3v) is 9.56. The summed E-state index contributed by atoms with van der Waals surface area (Å²) in [6, 6.07) is 65.2. The van der Waals surface area contributed by atoms with Crippen LogP contribution in [0, 0.1) is 0 Å². The van der Waals surface area contributed by atoms with Crippen molar-refractivity contribution >= 4 is 10.9 Å². The Morgan fingerprint density at radius 1 is 0.362 bits per heavy atom. The van der Waals surface area contributed by atoms with E-state index >= 15 is 0 Å². The van der Waals surface area contributed by atoms with Crippen LogP contribution in [0.25, 0.3) is 55.8 Å². The van der Waals surface area contributed by atoms with Crippen LogP contribution in [-0.2, 0) is 5.41 Å². The van der Waals surface area contributed by atoms with Gasteiger partial charge in [0.15, 0.2) is 5.82 Å². The summed E-state index contributed by atoms with van der Waals surface area (Å²) in [5, 5.41) is 1.04. The van der Waals surface area contributed by atoms with Crippen molar-refractivity contribution in [3.63, 3.8) is 0 Å². The Morgan fingerprint density at radius 3 is 1.64 bits per heavy atom. The summed E-state index contributed by atoms with van der Waals surface area (Å²) in [6.07, 6.45) is 0. The van der Waals surface area contributed by atoms with Crippen LogP contribution in [0.15, 0.2) is 182 Å². The zero-order valence-electron chi connectivity index (χ0n) is 25.7. The highest BCUT2D eigenvalue weighted by atomic mass is 14.9. The van der Waals surface area contributed by atoms with Crippen molar-refractivity contribution in [1.82, 2.24) is 9.97 Å². The van der Waals surface area contributed by atoms with E-state index in [4.69, 9.17) is 9.97 Å². The van der Waals surface area contributed by atoms with Gasteiger partial charge in [-0.25, -0.2) is 9.97 Å². The van der Waals surface area contributed by atoms with E-state index in [1.54, 1.807) is 0 Å². The fraction of sp³-hybridized carbons (Fsp3) is 0.0222. The average Bonchev–Trinajstić information content (AvgIpc) is 3.46. The second-order valence-electron chi connectivity index (χ2n) is 12.1. The van der Waals surface area contributed by atoms with Crippen molar-refractivity contribution in [3.8, 4) is 44.9 Å². The Morgan fingerprint density at radius 2 is 0.894 bits per heavy atom. The van der Waals surface area contributed by atoms with Crippen molar-refractivity contribution in [2.45, 2.75) is 5.41 Å². The molecule has 0 bridgehead atoms. The van der Waals surface area contributed by atoms with Crippen LogP contribution in [0.3, 0.4) is 0 Å². The van der Waals surface area contributed by atoms with Gasteiger partial charge in [0.1, 0.15) is 0 Å². The van der Waals surface area contributed by atoms with Crippen LogP contribution in [-0.4, -0.2) is 9.97 Å². The molecule has 1 aliphatic carbocycles. The first-order valence-corrected chi connectivity index (χ1v) is 16.1. The lowest BCUT2D eigenvalue weighted by Crippen LogP contribution is -2.28. The van der Waals surface area contributed by atoms with Gasteiger partial charge in [0, 0.05) is 16.5 Å². The maximum absolute atomic E-state index is 5.15. The minimum Gasteiger partial charge on any atom is -0.228 e. The molecule has 8 aromatic rings. The fourth-order valence-corrected chi connectivity index (χ4v) is 7.50. The van der Waals surface area contributed by atoms with Gasteiger partial charge in [-0.3, -0.25) is 0 Å². The molecule has 0 unspecified atom stereocenters. The van der Waals surface area contributed by atoms with Crippen LogP contribution in [0.1, 0.15) is 22.3 Å². The standard InChI is InChI=1S/C45H30N2/c1-3-15-31(16-4-1)44-46-42-28-12-9-25-39(42)43(47-44)34-19-13-17-32(29-34)33-18-14-22-36(30-33)45(35-20-5-2-6-21-35)40-26-10-7-23-37(40)38-24-8-11-27-41(38)45/h1-30H. The molecular weight excluding hydrogens is 569 g/mol. The summed E-state index contributed by atoms with van der Waals surface area (Å²) in [4.78, 5) is 10.1. The first-order valence-electron chi connectivity index (χ1n) is 16.1. The van der Waals surface area contributed by atoms with E-state index in [1.807, 2.05) is 24.3 Å². The Labute approximate surface area is 274 Å². The lowest BCUT2D eigenvalue weighted by molar-refractivity contribution is 0.769. The normalized spacial score (nSPS) is 12.9. The Kier molecular flexibility index (Phi) is 6.39. The Balaban J connectivity index is 1.23. The second-order valence-corrected chi connectivity index (χ2v) is 12.1. The third kappa shape index (κ3) is 4.34. The molecule has 220 valence electrons. The number of hydrogen-bond acceptors (Lipinski definition) is 2. The van der Waals surface area contributed by atoms with Crippen LogP contribution >= 0.6 is 0 Å². The molecule has 1 aromatic heterocycles. The van der Waals surface area contributed by atoms with Gasteiger partial charge in [-0.05, 0) is 62.7 Å². The van der Waals surface area contributed by atoms with Crippen molar-refractivity contribution in [2.24, 2.45) is 0 Å².